The van der Waals surface area contributed by atoms with E-state index in [2.05, 4.69) is 36.2 Å². The number of fused-ring (bicyclic) bond motifs is 1. The molecule has 1 amide bonds. The van der Waals surface area contributed by atoms with Crippen LogP contribution in [0.15, 0.2) is 23.1 Å². The van der Waals surface area contributed by atoms with E-state index in [1.54, 1.807) is 33.2 Å². The fraction of sp³-hybridized carbons (Fsp3) is 0.385. The van der Waals surface area contributed by atoms with Crippen LogP contribution in [0.2, 0.25) is 0 Å². The number of aliphatic hydroxyl groups is 1. The number of nitrogens with zero attached hydrogens (tertiary/aromatic N) is 3. The lowest BCUT2D eigenvalue weighted by molar-refractivity contribution is 0.0407. The molecule has 7 heteroatoms. The molecule has 2 aromatic heterocycles. The highest BCUT2D eigenvalue weighted by Gasteiger charge is 2.24. The Morgan fingerprint density at radius 1 is 1.40 bits per heavy atom. The molecule has 106 valence electrons. The van der Waals surface area contributed by atoms with Gasteiger partial charge in [0.25, 0.3) is 5.91 Å². The van der Waals surface area contributed by atoms with Crippen molar-refractivity contribution in [2.75, 3.05) is 0 Å². The van der Waals surface area contributed by atoms with Crippen molar-refractivity contribution in [2.45, 2.75) is 32.4 Å². The maximum absolute atomic E-state index is 12.1. The molecule has 0 bridgehead atoms. The summed E-state index contributed by atoms with van der Waals surface area (Å²) in [6.45, 7) is 4.99. The third kappa shape index (κ3) is 3.10. The number of amides is 1. The number of hydrogen-bond donors (Lipinski definition) is 2. The van der Waals surface area contributed by atoms with E-state index in [0.29, 0.717) is 15.5 Å². The second kappa shape index (κ2) is 5.41. The third-order valence-electron chi connectivity index (χ3n) is 3.05. The maximum Gasteiger partial charge on any atom is 0.271 e. The molecule has 0 radical (unpaired) electrons. The zero-order valence-corrected chi connectivity index (χ0v) is 13.0. The maximum atomic E-state index is 12.1. The molecule has 1 unspecified atom stereocenters. The highest BCUT2D eigenvalue weighted by molar-refractivity contribution is 9.10. The molecule has 0 aliphatic heterocycles. The molecule has 2 rings (SSSR count). The van der Waals surface area contributed by atoms with Gasteiger partial charge in [-0.2, -0.15) is 0 Å². The van der Waals surface area contributed by atoms with Crippen LogP contribution < -0.4 is 5.32 Å². The molecule has 0 saturated carbocycles. The number of rotatable bonds is 3. The number of pyridine rings is 1. The standard InChI is InChI=1S/C13H15BrN4O2/c1-7(13(2,3)20)17-12(19)10-6-16-9-5-15-4-8(14)11(9)18-10/h4-7,20H,1-3H3,(H,17,19). The van der Waals surface area contributed by atoms with E-state index in [-0.39, 0.29) is 11.6 Å². The molecule has 0 aliphatic rings. The summed E-state index contributed by atoms with van der Waals surface area (Å²) in [5, 5.41) is 12.5. The summed E-state index contributed by atoms with van der Waals surface area (Å²) >= 11 is 3.33. The highest BCUT2D eigenvalue weighted by atomic mass is 79.9. The first kappa shape index (κ1) is 14.8. The summed E-state index contributed by atoms with van der Waals surface area (Å²) in [7, 11) is 0. The molecule has 0 fully saturated rings. The predicted molar refractivity (Wildman–Crippen MR) is 78.3 cm³/mol. The van der Waals surface area contributed by atoms with Crippen LogP contribution in [-0.2, 0) is 0 Å². The van der Waals surface area contributed by atoms with E-state index < -0.39 is 11.6 Å². The number of carbonyl (C=O) groups excluding carboxylic acids is 1. The van der Waals surface area contributed by atoms with Gasteiger partial charge in [-0.1, -0.05) is 0 Å². The third-order valence-corrected chi connectivity index (χ3v) is 3.63. The molecule has 6 nitrogen and oxygen atoms in total. The summed E-state index contributed by atoms with van der Waals surface area (Å²) in [5.41, 5.74) is 0.361. The van der Waals surface area contributed by atoms with E-state index in [0.717, 1.165) is 0 Å². The molecular formula is C13H15BrN4O2. The Morgan fingerprint density at radius 2 is 2.10 bits per heavy atom. The monoisotopic (exact) mass is 338 g/mol. The van der Waals surface area contributed by atoms with Gasteiger partial charge in [0, 0.05) is 6.20 Å². The Bertz CT molecular complexity index is 654. The minimum atomic E-state index is -1.01. The van der Waals surface area contributed by atoms with Crippen molar-refractivity contribution in [2.24, 2.45) is 0 Å². The van der Waals surface area contributed by atoms with E-state index in [1.807, 2.05) is 0 Å². The van der Waals surface area contributed by atoms with Gasteiger partial charge in [0.1, 0.15) is 16.7 Å². The van der Waals surface area contributed by atoms with Gasteiger partial charge >= 0.3 is 0 Å². The van der Waals surface area contributed by atoms with Crippen LogP contribution in [-0.4, -0.2) is 37.6 Å². The van der Waals surface area contributed by atoms with Crippen molar-refractivity contribution in [3.8, 4) is 0 Å². The lowest BCUT2D eigenvalue weighted by atomic mass is 10.0. The van der Waals surface area contributed by atoms with Gasteiger partial charge in [-0.25, -0.2) is 4.98 Å². The molecule has 2 aromatic rings. The molecule has 20 heavy (non-hydrogen) atoms. The number of carbonyl (C=O) groups is 1. The summed E-state index contributed by atoms with van der Waals surface area (Å²) in [4.78, 5) is 24.5. The van der Waals surface area contributed by atoms with Crippen LogP contribution in [0.1, 0.15) is 31.3 Å². The van der Waals surface area contributed by atoms with E-state index >= 15 is 0 Å². The fourth-order valence-electron chi connectivity index (χ4n) is 1.46. The van der Waals surface area contributed by atoms with E-state index in [9.17, 15) is 9.90 Å². The van der Waals surface area contributed by atoms with Crippen LogP contribution >= 0.6 is 15.9 Å². The Morgan fingerprint density at radius 3 is 2.75 bits per heavy atom. The smallest absolute Gasteiger partial charge is 0.271 e. The molecule has 0 saturated heterocycles. The van der Waals surface area contributed by atoms with Crippen molar-refractivity contribution in [1.82, 2.24) is 20.3 Å². The Labute approximate surface area is 124 Å². The SMILES string of the molecule is CC(NC(=O)c1cnc2cncc(Br)c2n1)C(C)(C)O. The van der Waals surface area contributed by atoms with E-state index in [4.69, 9.17) is 0 Å². The van der Waals surface area contributed by atoms with Gasteiger partial charge in [-0.15, -0.1) is 0 Å². The summed E-state index contributed by atoms with van der Waals surface area (Å²) in [5.74, 6) is -0.377. The quantitative estimate of drug-likeness (QED) is 0.888. The van der Waals surface area contributed by atoms with Crippen molar-refractivity contribution in [3.63, 3.8) is 0 Å². The minimum absolute atomic E-state index is 0.195. The van der Waals surface area contributed by atoms with Gasteiger partial charge in [0.2, 0.25) is 0 Å². The lowest BCUT2D eigenvalue weighted by Crippen LogP contribution is -2.47. The molecule has 0 aliphatic carbocycles. The number of nitrogens with one attached hydrogen (secondary N) is 1. The summed E-state index contributed by atoms with van der Waals surface area (Å²) in [6.07, 6.45) is 4.56. The van der Waals surface area contributed by atoms with Crippen molar-refractivity contribution in [3.05, 3.63) is 28.8 Å². The fourth-order valence-corrected chi connectivity index (χ4v) is 1.87. The summed E-state index contributed by atoms with van der Waals surface area (Å²) in [6, 6.07) is -0.409. The second-order valence-corrected chi connectivity index (χ2v) is 5.95. The van der Waals surface area contributed by atoms with Gasteiger partial charge in [-0.05, 0) is 36.7 Å². The molecule has 2 heterocycles. The zero-order chi connectivity index (χ0) is 14.9. The first-order valence-corrected chi connectivity index (χ1v) is 6.88. The number of aromatic nitrogens is 3. The van der Waals surface area contributed by atoms with Gasteiger partial charge in [-0.3, -0.25) is 14.8 Å². The number of hydrogen-bond acceptors (Lipinski definition) is 5. The van der Waals surface area contributed by atoms with Crippen LogP contribution in [0.5, 0.6) is 0 Å². The minimum Gasteiger partial charge on any atom is -0.388 e. The number of halogens is 1. The Balaban J connectivity index is 2.29. The van der Waals surface area contributed by atoms with E-state index in [1.165, 1.54) is 6.20 Å². The first-order chi connectivity index (χ1) is 9.29. The Kier molecular flexibility index (Phi) is 4.01. The lowest BCUT2D eigenvalue weighted by Gasteiger charge is -2.26. The largest absolute Gasteiger partial charge is 0.388 e. The predicted octanol–water partition coefficient (Wildman–Crippen LogP) is 1.68. The average Bonchev–Trinajstić information content (AvgIpc) is 2.37. The Hall–Kier alpha value is -1.60. The molecule has 1 atom stereocenters. The van der Waals surface area contributed by atoms with Crippen molar-refractivity contribution < 1.29 is 9.90 Å². The summed E-state index contributed by atoms with van der Waals surface area (Å²) < 4.78 is 0.674. The van der Waals surface area contributed by atoms with Crippen molar-refractivity contribution in [1.29, 1.82) is 0 Å². The zero-order valence-electron chi connectivity index (χ0n) is 11.4. The molecule has 2 N–H and O–H groups in total. The normalized spacial score (nSPS) is 13.2. The van der Waals surface area contributed by atoms with Crippen molar-refractivity contribution >= 4 is 32.9 Å². The van der Waals surface area contributed by atoms with Crippen LogP contribution in [0.4, 0.5) is 0 Å². The molecule has 0 spiro atoms. The first-order valence-electron chi connectivity index (χ1n) is 6.08. The van der Waals surface area contributed by atoms with Crippen LogP contribution in [0.3, 0.4) is 0 Å². The second-order valence-electron chi connectivity index (χ2n) is 5.09. The van der Waals surface area contributed by atoms with Gasteiger partial charge in [0.05, 0.1) is 28.5 Å². The highest BCUT2D eigenvalue weighted by Crippen LogP contribution is 2.19. The van der Waals surface area contributed by atoms with Gasteiger partial charge < -0.3 is 10.4 Å². The molecular weight excluding hydrogens is 324 g/mol. The average molecular weight is 339 g/mol. The molecule has 0 aromatic carbocycles. The van der Waals surface area contributed by atoms with Gasteiger partial charge in [0.15, 0.2) is 0 Å². The van der Waals surface area contributed by atoms with Crippen LogP contribution in [0, 0.1) is 0 Å². The topological polar surface area (TPSA) is 88.0 Å². The van der Waals surface area contributed by atoms with Crippen LogP contribution in [0.25, 0.3) is 11.0 Å².